The predicted octanol–water partition coefficient (Wildman–Crippen LogP) is 5.00. The largest absolute Gasteiger partial charge is 0.478 e. The molecule has 208 valence electrons. The highest BCUT2D eigenvalue weighted by atomic mass is 35.5. The zero-order valence-corrected chi connectivity index (χ0v) is 23.0. The second-order valence-electron chi connectivity index (χ2n) is 11.0. The van der Waals surface area contributed by atoms with Gasteiger partial charge in [0.15, 0.2) is 6.67 Å². The summed E-state index contributed by atoms with van der Waals surface area (Å²) in [4.78, 5) is 17.7. The van der Waals surface area contributed by atoms with E-state index in [1.165, 1.54) is 16.9 Å². The second kappa shape index (κ2) is 11.5. The van der Waals surface area contributed by atoms with Crippen LogP contribution in [-0.2, 0) is 0 Å². The van der Waals surface area contributed by atoms with Crippen LogP contribution < -0.4 is 14.7 Å². The highest BCUT2D eigenvalue weighted by Gasteiger charge is 2.31. The molecule has 5 rings (SSSR count). The standard InChI is InChI=1S/C29H34ClF2N5O2/c1-19(2)16-34-12-13-36(18-34)22-8-5-20(6-9-22)24-10-7-21(30)14-26(24)35-11-3-4-23(17-35)37-27(28(31)32)25(15-33-37)29(38)39/h5-10,14-15,19,23,28H,3-4,11-13,16-18H2,1-2H3,(H,38,39)/p+1/t23-/m1/s1. The Balaban J connectivity index is 1.38. The van der Waals surface area contributed by atoms with Crippen LogP contribution in [0.1, 0.15) is 55.2 Å². The van der Waals surface area contributed by atoms with E-state index >= 15 is 0 Å². The molecule has 2 aromatic carbocycles. The Kier molecular flexibility index (Phi) is 8.09. The third-order valence-corrected chi connectivity index (χ3v) is 7.94. The van der Waals surface area contributed by atoms with Gasteiger partial charge in [0.05, 0.1) is 31.9 Å². The molecule has 10 heteroatoms. The Morgan fingerprint density at radius 1 is 1.15 bits per heavy atom. The summed E-state index contributed by atoms with van der Waals surface area (Å²) < 4.78 is 28.9. The maximum Gasteiger partial charge on any atom is 0.339 e. The molecule has 3 heterocycles. The van der Waals surface area contributed by atoms with Crippen molar-refractivity contribution in [3.05, 3.63) is 64.9 Å². The van der Waals surface area contributed by atoms with Crippen molar-refractivity contribution in [2.24, 2.45) is 5.92 Å². The Morgan fingerprint density at radius 2 is 1.92 bits per heavy atom. The molecule has 39 heavy (non-hydrogen) atoms. The number of hydrogen-bond donors (Lipinski definition) is 2. The highest BCUT2D eigenvalue weighted by Crippen LogP contribution is 2.38. The van der Waals surface area contributed by atoms with E-state index in [-0.39, 0.29) is 6.04 Å². The number of alkyl halides is 2. The number of halogens is 3. The number of quaternary nitrogens is 1. The fourth-order valence-electron chi connectivity index (χ4n) is 5.97. The van der Waals surface area contributed by atoms with E-state index in [1.807, 2.05) is 18.2 Å². The monoisotopic (exact) mass is 558 g/mol. The van der Waals surface area contributed by atoms with Crippen LogP contribution >= 0.6 is 11.6 Å². The number of nitrogens with zero attached hydrogens (tertiary/aromatic N) is 4. The quantitative estimate of drug-likeness (QED) is 0.407. The van der Waals surface area contributed by atoms with Gasteiger partial charge in [0, 0.05) is 41.0 Å². The third kappa shape index (κ3) is 5.89. The van der Waals surface area contributed by atoms with Gasteiger partial charge in [0.1, 0.15) is 11.3 Å². The van der Waals surface area contributed by atoms with Gasteiger partial charge in [-0.25, -0.2) is 13.6 Å². The summed E-state index contributed by atoms with van der Waals surface area (Å²) in [7, 11) is 0. The van der Waals surface area contributed by atoms with Gasteiger partial charge in [-0.1, -0.05) is 43.6 Å². The van der Waals surface area contributed by atoms with Crippen molar-refractivity contribution in [3.63, 3.8) is 0 Å². The van der Waals surface area contributed by atoms with Crippen molar-refractivity contribution in [2.75, 3.05) is 49.2 Å². The molecule has 2 aliphatic rings. The van der Waals surface area contributed by atoms with Crippen molar-refractivity contribution in [1.29, 1.82) is 0 Å². The average molecular weight is 559 g/mol. The number of benzene rings is 2. The number of rotatable bonds is 8. The van der Waals surface area contributed by atoms with E-state index in [0.717, 1.165) is 55.7 Å². The minimum absolute atomic E-state index is 0.378. The number of piperidine rings is 1. The lowest BCUT2D eigenvalue weighted by Gasteiger charge is -2.36. The number of hydrogen-bond acceptors (Lipinski definition) is 4. The molecule has 3 aromatic rings. The van der Waals surface area contributed by atoms with E-state index in [4.69, 9.17) is 11.6 Å². The van der Waals surface area contributed by atoms with Gasteiger partial charge in [0.2, 0.25) is 0 Å². The van der Waals surface area contributed by atoms with Gasteiger partial charge < -0.3 is 19.8 Å². The lowest BCUT2D eigenvalue weighted by atomic mass is 9.99. The van der Waals surface area contributed by atoms with Crippen LogP contribution in [-0.4, -0.2) is 60.2 Å². The molecule has 0 radical (unpaired) electrons. The van der Waals surface area contributed by atoms with Gasteiger partial charge in [0.25, 0.3) is 6.43 Å². The molecule has 1 unspecified atom stereocenters. The Hall–Kier alpha value is -3.17. The molecule has 2 atom stereocenters. The number of aromatic nitrogens is 2. The average Bonchev–Trinajstić information content (AvgIpc) is 3.56. The van der Waals surface area contributed by atoms with Crippen LogP contribution in [0.15, 0.2) is 48.7 Å². The number of anilines is 2. The molecule has 2 aliphatic heterocycles. The minimum atomic E-state index is -2.93. The Labute approximate surface area is 232 Å². The number of carboxylic acid groups (broad SMARTS) is 1. The highest BCUT2D eigenvalue weighted by molar-refractivity contribution is 6.31. The molecule has 2 saturated heterocycles. The first-order valence-electron chi connectivity index (χ1n) is 13.5. The topological polar surface area (TPSA) is 66.0 Å². The number of carbonyl (C=O) groups is 1. The maximum absolute atomic E-state index is 13.9. The third-order valence-electron chi connectivity index (χ3n) is 7.70. The van der Waals surface area contributed by atoms with Crippen molar-refractivity contribution in [1.82, 2.24) is 9.78 Å². The Morgan fingerprint density at radius 3 is 2.62 bits per heavy atom. The first-order valence-corrected chi connectivity index (χ1v) is 13.9. The summed E-state index contributed by atoms with van der Waals surface area (Å²) in [5.41, 5.74) is 3.22. The van der Waals surface area contributed by atoms with Gasteiger partial charge in [-0.05, 0) is 42.7 Å². The number of aromatic carboxylic acids is 1. The number of nitrogens with one attached hydrogen (secondary N) is 1. The van der Waals surface area contributed by atoms with Crippen LogP contribution in [0, 0.1) is 5.92 Å². The van der Waals surface area contributed by atoms with Crippen molar-refractivity contribution in [2.45, 2.75) is 39.2 Å². The molecule has 2 N–H and O–H groups in total. The molecule has 0 spiro atoms. The molecule has 2 fully saturated rings. The summed E-state index contributed by atoms with van der Waals surface area (Å²) in [5.74, 6) is -0.720. The van der Waals surface area contributed by atoms with Crippen LogP contribution in [0.4, 0.5) is 20.2 Å². The fraction of sp³-hybridized carbons (Fsp3) is 0.448. The minimum Gasteiger partial charge on any atom is -0.478 e. The molecular weight excluding hydrogens is 524 g/mol. The predicted molar refractivity (Wildman–Crippen MR) is 149 cm³/mol. The van der Waals surface area contributed by atoms with Crippen molar-refractivity contribution in [3.8, 4) is 11.1 Å². The molecule has 0 bridgehead atoms. The van der Waals surface area contributed by atoms with Crippen molar-refractivity contribution >= 4 is 28.9 Å². The van der Waals surface area contributed by atoms with E-state index in [0.29, 0.717) is 23.9 Å². The van der Waals surface area contributed by atoms with Crippen LogP contribution in [0.3, 0.4) is 0 Å². The molecule has 0 amide bonds. The summed E-state index contributed by atoms with van der Waals surface area (Å²) >= 11 is 6.43. The van der Waals surface area contributed by atoms with Crippen LogP contribution in [0.25, 0.3) is 11.1 Å². The summed E-state index contributed by atoms with van der Waals surface area (Å²) in [5, 5.41) is 14.0. The zero-order valence-electron chi connectivity index (χ0n) is 22.3. The molecule has 0 saturated carbocycles. The van der Waals surface area contributed by atoms with E-state index in [2.05, 4.69) is 53.0 Å². The summed E-state index contributed by atoms with van der Waals surface area (Å²) in [6.45, 7) is 10.1. The van der Waals surface area contributed by atoms with E-state index < -0.39 is 23.7 Å². The van der Waals surface area contributed by atoms with E-state index in [1.54, 1.807) is 4.90 Å². The van der Waals surface area contributed by atoms with Gasteiger partial charge >= 0.3 is 5.97 Å². The molecule has 0 aliphatic carbocycles. The summed E-state index contributed by atoms with van der Waals surface area (Å²) in [6, 6.07) is 14.0. The first kappa shape index (κ1) is 27.4. The fourth-order valence-corrected chi connectivity index (χ4v) is 6.13. The Bertz CT molecular complexity index is 1310. The van der Waals surface area contributed by atoms with E-state index in [9.17, 15) is 18.7 Å². The lowest BCUT2D eigenvalue weighted by Crippen LogP contribution is -3.11. The number of carboxylic acids is 1. The van der Waals surface area contributed by atoms with Gasteiger partial charge in [-0.15, -0.1) is 0 Å². The maximum atomic E-state index is 13.9. The van der Waals surface area contributed by atoms with Crippen molar-refractivity contribution < 1.29 is 23.6 Å². The summed E-state index contributed by atoms with van der Waals surface area (Å²) in [6.07, 6.45) is -0.513. The van der Waals surface area contributed by atoms with Gasteiger partial charge in [-0.2, -0.15) is 5.10 Å². The normalized spacial score (nSPS) is 19.9. The molecule has 1 aromatic heterocycles. The van der Waals surface area contributed by atoms with Gasteiger partial charge in [-0.3, -0.25) is 4.68 Å². The smallest absolute Gasteiger partial charge is 0.339 e. The lowest BCUT2D eigenvalue weighted by molar-refractivity contribution is -0.889. The first-order chi connectivity index (χ1) is 18.7. The molecule has 7 nitrogen and oxygen atoms in total. The zero-order chi connectivity index (χ0) is 27.7. The second-order valence-corrected chi connectivity index (χ2v) is 11.4. The van der Waals surface area contributed by atoms with Crippen LogP contribution in [0.5, 0.6) is 0 Å². The molecular formula is C29H35ClF2N5O2+. The SMILES string of the molecule is CC(C)C[NH+]1CCN(c2ccc(-c3ccc(Cl)cc3N3CCC[C@@H](n4ncc(C(=O)O)c4C(F)F)C3)cc2)C1. The van der Waals surface area contributed by atoms with Crippen LogP contribution in [0.2, 0.25) is 5.02 Å².